The fourth-order valence-corrected chi connectivity index (χ4v) is 2.08. The second kappa shape index (κ2) is 5.32. The number of nitrogen functional groups attached to an aromatic ring is 1. The topological polar surface area (TPSA) is 104 Å². The van der Waals surface area contributed by atoms with Gasteiger partial charge in [0, 0.05) is 13.6 Å². The van der Waals surface area contributed by atoms with Crippen LogP contribution in [-0.4, -0.2) is 30.5 Å². The van der Waals surface area contributed by atoms with Crippen molar-refractivity contribution in [1.82, 2.24) is 29.9 Å². The van der Waals surface area contributed by atoms with Crippen LogP contribution in [0.1, 0.15) is 41.9 Å². The largest absolute Gasteiger partial charge is 0.395 e. The van der Waals surface area contributed by atoms with Gasteiger partial charge in [-0.1, -0.05) is 0 Å². The van der Waals surface area contributed by atoms with Gasteiger partial charge < -0.3 is 15.6 Å². The van der Waals surface area contributed by atoms with E-state index in [1.54, 1.807) is 22.5 Å². The van der Waals surface area contributed by atoms with Crippen molar-refractivity contribution in [2.45, 2.75) is 33.4 Å². The first-order valence-electron chi connectivity index (χ1n) is 6.43. The summed E-state index contributed by atoms with van der Waals surface area (Å²) in [5, 5.41) is 14.9. The summed E-state index contributed by atoms with van der Waals surface area (Å²) in [7, 11) is 1.83. The zero-order chi connectivity index (χ0) is 14.9. The zero-order valence-electron chi connectivity index (χ0n) is 12.1. The van der Waals surface area contributed by atoms with Crippen LogP contribution in [0.4, 0.5) is 5.69 Å². The number of amides is 1. The third kappa shape index (κ3) is 2.36. The standard InChI is InChI=1S/C12H19N7O/c1-5-19-10(9(13)7(2)17-19)12(20)15-8(3)11-16-14-6-18(11)4/h6,8H,5,13H2,1-4H3,(H,15,20). The van der Waals surface area contributed by atoms with Crippen molar-refractivity contribution >= 4 is 11.6 Å². The van der Waals surface area contributed by atoms with E-state index >= 15 is 0 Å². The lowest BCUT2D eigenvalue weighted by atomic mass is 10.2. The van der Waals surface area contributed by atoms with E-state index in [9.17, 15) is 4.79 Å². The fraction of sp³-hybridized carbons (Fsp3) is 0.500. The van der Waals surface area contributed by atoms with Crippen molar-refractivity contribution < 1.29 is 4.79 Å². The van der Waals surface area contributed by atoms with E-state index in [4.69, 9.17) is 5.73 Å². The SMILES string of the molecule is CCn1nc(C)c(N)c1C(=O)NC(C)c1nncn1C. The third-order valence-electron chi connectivity index (χ3n) is 3.17. The van der Waals surface area contributed by atoms with Crippen LogP contribution in [-0.2, 0) is 13.6 Å². The van der Waals surface area contributed by atoms with Crippen molar-refractivity contribution in [1.29, 1.82) is 0 Å². The second-order valence-corrected chi connectivity index (χ2v) is 4.66. The predicted molar refractivity (Wildman–Crippen MR) is 73.9 cm³/mol. The molecular weight excluding hydrogens is 258 g/mol. The highest BCUT2D eigenvalue weighted by Crippen LogP contribution is 2.17. The first-order valence-corrected chi connectivity index (χ1v) is 6.43. The van der Waals surface area contributed by atoms with Crippen molar-refractivity contribution in [3.63, 3.8) is 0 Å². The average molecular weight is 277 g/mol. The third-order valence-corrected chi connectivity index (χ3v) is 3.17. The number of rotatable bonds is 4. The number of hydrogen-bond acceptors (Lipinski definition) is 5. The highest BCUT2D eigenvalue weighted by Gasteiger charge is 2.22. The summed E-state index contributed by atoms with van der Waals surface area (Å²) < 4.78 is 3.36. The summed E-state index contributed by atoms with van der Waals surface area (Å²) in [4.78, 5) is 12.4. The van der Waals surface area contributed by atoms with Gasteiger partial charge >= 0.3 is 0 Å². The fourth-order valence-electron chi connectivity index (χ4n) is 2.08. The van der Waals surface area contributed by atoms with Crippen LogP contribution in [0.15, 0.2) is 6.33 Å². The summed E-state index contributed by atoms with van der Waals surface area (Å²) in [5.74, 6) is 0.414. The highest BCUT2D eigenvalue weighted by atomic mass is 16.2. The summed E-state index contributed by atoms with van der Waals surface area (Å²) in [6, 6.07) is -0.269. The minimum Gasteiger partial charge on any atom is -0.395 e. The van der Waals surface area contributed by atoms with Crippen molar-refractivity contribution in [3.8, 4) is 0 Å². The van der Waals surface area contributed by atoms with Gasteiger partial charge in [0.25, 0.3) is 5.91 Å². The number of hydrogen-bond donors (Lipinski definition) is 2. The molecule has 1 unspecified atom stereocenters. The molecule has 2 heterocycles. The number of carbonyl (C=O) groups excluding carboxylic acids is 1. The first-order chi connectivity index (χ1) is 9.45. The van der Waals surface area contributed by atoms with Crippen LogP contribution in [0.5, 0.6) is 0 Å². The number of anilines is 1. The van der Waals surface area contributed by atoms with E-state index in [0.29, 0.717) is 29.4 Å². The molecule has 0 aliphatic rings. The maximum Gasteiger partial charge on any atom is 0.272 e. The molecule has 0 aliphatic heterocycles. The Hall–Kier alpha value is -2.38. The molecule has 108 valence electrons. The Balaban J connectivity index is 2.23. The van der Waals surface area contributed by atoms with Gasteiger partial charge in [0.15, 0.2) is 5.82 Å². The lowest BCUT2D eigenvalue weighted by Gasteiger charge is -2.13. The van der Waals surface area contributed by atoms with Crippen LogP contribution in [0, 0.1) is 6.92 Å². The smallest absolute Gasteiger partial charge is 0.272 e. The molecule has 3 N–H and O–H groups in total. The molecule has 2 rings (SSSR count). The van der Waals surface area contributed by atoms with Gasteiger partial charge in [-0.05, 0) is 20.8 Å². The Bertz CT molecular complexity index is 628. The van der Waals surface area contributed by atoms with Crippen LogP contribution >= 0.6 is 0 Å². The van der Waals surface area contributed by atoms with Gasteiger partial charge in [0.05, 0.1) is 17.4 Å². The van der Waals surface area contributed by atoms with E-state index in [1.807, 2.05) is 20.9 Å². The quantitative estimate of drug-likeness (QED) is 0.842. The van der Waals surface area contributed by atoms with E-state index in [1.165, 1.54) is 0 Å². The summed E-state index contributed by atoms with van der Waals surface area (Å²) >= 11 is 0. The molecule has 0 fully saturated rings. The monoisotopic (exact) mass is 277 g/mol. The number of aryl methyl sites for hydroxylation is 3. The average Bonchev–Trinajstić information content (AvgIpc) is 2.94. The second-order valence-electron chi connectivity index (χ2n) is 4.66. The molecule has 2 aromatic heterocycles. The van der Waals surface area contributed by atoms with Gasteiger partial charge in [-0.2, -0.15) is 5.10 Å². The number of nitrogens with zero attached hydrogens (tertiary/aromatic N) is 5. The maximum absolute atomic E-state index is 12.4. The molecule has 1 amide bonds. The summed E-state index contributed by atoms with van der Waals surface area (Å²) in [6.07, 6.45) is 1.59. The van der Waals surface area contributed by atoms with Crippen molar-refractivity contribution in [2.24, 2.45) is 7.05 Å². The van der Waals surface area contributed by atoms with E-state index in [-0.39, 0.29) is 11.9 Å². The van der Waals surface area contributed by atoms with Gasteiger partial charge in [-0.25, -0.2) is 0 Å². The molecule has 20 heavy (non-hydrogen) atoms. The molecule has 0 aromatic carbocycles. The van der Waals surface area contributed by atoms with Crippen LogP contribution < -0.4 is 11.1 Å². The highest BCUT2D eigenvalue weighted by molar-refractivity contribution is 5.98. The van der Waals surface area contributed by atoms with Crippen LogP contribution in [0.3, 0.4) is 0 Å². The Morgan fingerprint density at radius 3 is 2.80 bits per heavy atom. The zero-order valence-corrected chi connectivity index (χ0v) is 12.1. The molecule has 0 spiro atoms. The van der Waals surface area contributed by atoms with Gasteiger partial charge in [0.2, 0.25) is 0 Å². The van der Waals surface area contributed by atoms with Crippen molar-refractivity contribution in [2.75, 3.05) is 5.73 Å². The molecule has 0 saturated carbocycles. The minimum atomic E-state index is -0.269. The van der Waals surface area contributed by atoms with Gasteiger partial charge in [-0.3, -0.25) is 9.48 Å². The maximum atomic E-state index is 12.4. The molecule has 8 heteroatoms. The Labute approximate surface area is 117 Å². The molecule has 2 aromatic rings. The number of aromatic nitrogens is 5. The number of nitrogens with two attached hydrogens (primary N) is 1. The Morgan fingerprint density at radius 1 is 1.55 bits per heavy atom. The van der Waals surface area contributed by atoms with E-state index in [2.05, 4.69) is 20.6 Å². The Kier molecular flexibility index (Phi) is 3.73. The molecular formula is C12H19N7O. The van der Waals surface area contributed by atoms with Crippen LogP contribution in [0.2, 0.25) is 0 Å². The molecule has 1 atom stereocenters. The van der Waals surface area contributed by atoms with E-state index in [0.717, 1.165) is 0 Å². The molecule has 0 aliphatic carbocycles. The van der Waals surface area contributed by atoms with Crippen molar-refractivity contribution in [3.05, 3.63) is 23.5 Å². The van der Waals surface area contributed by atoms with Gasteiger partial charge in [0.1, 0.15) is 12.0 Å². The number of carbonyl (C=O) groups is 1. The molecule has 8 nitrogen and oxygen atoms in total. The molecule has 0 bridgehead atoms. The predicted octanol–water partition coefficient (Wildman–Crippen LogP) is 0.413. The molecule has 0 radical (unpaired) electrons. The van der Waals surface area contributed by atoms with Crippen LogP contribution in [0.25, 0.3) is 0 Å². The Morgan fingerprint density at radius 2 is 2.25 bits per heavy atom. The lowest BCUT2D eigenvalue weighted by Crippen LogP contribution is -2.30. The molecule has 0 saturated heterocycles. The summed E-state index contributed by atoms with van der Waals surface area (Å²) in [5.41, 5.74) is 7.38. The first kappa shape index (κ1) is 14.0. The minimum absolute atomic E-state index is 0.263. The van der Waals surface area contributed by atoms with Gasteiger partial charge in [-0.15, -0.1) is 10.2 Å². The summed E-state index contributed by atoms with van der Waals surface area (Å²) in [6.45, 7) is 6.12. The lowest BCUT2D eigenvalue weighted by molar-refractivity contribution is 0.0928. The number of nitrogens with one attached hydrogen (secondary N) is 1. The van der Waals surface area contributed by atoms with E-state index < -0.39 is 0 Å². The normalized spacial score (nSPS) is 12.4.